The van der Waals surface area contributed by atoms with E-state index in [1.165, 1.54) is 0 Å². The maximum absolute atomic E-state index is 10.9. The van der Waals surface area contributed by atoms with Crippen LogP contribution >= 0.6 is 0 Å². The van der Waals surface area contributed by atoms with Gasteiger partial charge in [0.2, 0.25) is 0 Å². The predicted molar refractivity (Wildman–Crippen MR) is 45.0 cm³/mol. The van der Waals surface area contributed by atoms with Crippen LogP contribution in [0.25, 0.3) is 0 Å². The molecule has 1 rings (SSSR count). The Morgan fingerprint density at radius 3 is 2.83 bits per heavy atom. The number of carbonyl (C=O) groups excluding carboxylic acids is 1. The van der Waals surface area contributed by atoms with E-state index in [1.807, 2.05) is 6.92 Å². The third kappa shape index (κ3) is 2.62. The van der Waals surface area contributed by atoms with Crippen molar-refractivity contribution in [2.24, 2.45) is 0 Å². The zero-order valence-corrected chi connectivity index (χ0v) is 6.83. The lowest BCUT2D eigenvalue weighted by molar-refractivity contribution is 0.201. The van der Waals surface area contributed by atoms with Gasteiger partial charge in [-0.25, -0.2) is 4.79 Å². The molecule has 0 saturated carbocycles. The van der Waals surface area contributed by atoms with Crippen LogP contribution in [0.4, 0.5) is 4.79 Å². The molecule has 1 N–H and O–H groups in total. The Kier molecular flexibility index (Phi) is 3.14. The molecule has 0 saturated heterocycles. The van der Waals surface area contributed by atoms with E-state index in [-0.39, 0.29) is 0 Å². The highest BCUT2D eigenvalue weighted by Gasteiger charge is 1.99. The highest BCUT2D eigenvalue weighted by atomic mass is 16.5. The summed E-state index contributed by atoms with van der Waals surface area (Å²) in [6.45, 7) is 2.40. The van der Waals surface area contributed by atoms with Crippen molar-refractivity contribution in [1.82, 2.24) is 5.32 Å². The zero-order chi connectivity index (χ0) is 8.81. The zero-order valence-electron chi connectivity index (χ0n) is 6.83. The van der Waals surface area contributed by atoms with Gasteiger partial charge in [-0.15, -0.1) is 0 Å². The molecule has 1 aromatic rings. The molecule has 0 bridgehead atoms. The normalized spacial score (nSPS) is 9.08. The van der Waals surface area contributed by atoms with E-state index in [9.17, 15) is 4.79 Å². The predicted octanol–water partition coefficient (Wildman–Crippen LogP) is 1.60. The maximum Gasteiger partial charge on any atom is 0.412 e. The Hall–Kier alpha value is -1.51. The first kappa shape index (κ1) is 8.59. The fourth-order valence-electron chi connectivity index (χ4n) is 0.727. The summed E-state index contributed by atoms with van der Waals surface area (Å²) in [5.74, 6) is 0.528. The van der Waals surface area contributed by atoms with Crippen LogP contribution < -0.4 is 10.1 Å². The minimum absolute atomic E-state index is 0.427. The van der Waals surface area contributed by atoms with Crippen molar-refractivity contribution >= 4 is 6.09 Å². The lowest BCUT2D eigenvalue weighted by Gasteiger charge is -2.02. The summed E-state index contributed by atoms with van der Waals surface area (Å²) in [6.07, 6.45) is -0.427. The summed E-state index contributed by atoms with van der Waals surface area (Å²) in [5.41, 5.74) is 0. The molecule has 0 spiro atoms. The first-order chi connectivity index (χ1) is 5.83. The summed E-state index contributed by atoms with van der Waals surface area (Å²) in [6, 6.07) is 9.56. The van der Waals surface area contributed by atoms with Crippen molar-refractivity contribution in [2.75, 3.05) is 6.54 Å². The van der Waals surface area contributed by atoms with Crippen LogP contribution in [0.15, 0.2) is 24.3 Å². The van der Waals surface area contributed by atoms with Crippen LogP contribution in [-0.2, 0) is 0 Å². The van der Waals surface area contributed by atoms with Gasteiger partial charge in [0.15, 0.2) is 0 Å². The molecule has 3 heteroatoms. The number of rotatable bonds is 2. The summed E-state index contributed by atoms with van der Waals surface area (Å²) in [5, 5.41) is 2.52. The monoisotopic (exact) mass is 164 g/mol. The van der Waals surface area contributed by atoms with Gasteiger partial charge in [0.25, 0.3) is 0 Å². The van der Waals surface area contributed by atoms with Crippen LogP contribution in [-0.4, -0.2) is 12.6 Å². The van der Waals surface area contributed by atoms with E-state index in [1.54, 1.807) is 24.3 Å². The van der Waals surface area contributed by atoms with E-state index in [0.29, 0.717) is 12.3 Å². The first-order valence-corrected chi connectivity index (χ1v) is 3.74. The maximum atomic E-state index is 10.9. The van der Waals surface area contributed by atoms with Gasteiger partial charge in [0.05, 0.1) is 0 Å². The van der Waals surface area contributed by atoms with Gasteiger partial charge in [-0.05, 0) is 25.1 Å². The van der Waals surface area contributed by atoms with Gasteiger partial charge >= 0.3 is 6.09 Å². The van der Waals surface area contributed by atoms with Crippen LogP contribution in [0.2, 0.25) is 0 Å². The molecule has 12 heavy (non-hydrogen) atoms. The molecule has 0 unspecified atom stereocenters. The van der Waals surface area contributed by atoms with E-state index >= 15 is 0 Å². The molecule has 0 fully saturated rings. The second-order valence-corrected chi connectivity index (χ2v) is 2.16. The van der Waals surface area contributed by atoms with Gasteiger partial charge in [0.1, 0.15) is 5.75 Å². The van der Waals surface area contributed by atoms with E-state index in [0.717, 1.165) is 0 Å². The Balaban J connectivity index is 2.47. The molecule has 63 valence electrons. The quantitative estimate of drug-likeness (QED) is 0.720. The Morgan fingerprint density at radius 2 is 2.25 bits per heavy atom. The van der Waals surface area contributed by atoms with Crippen molar-refractivity contribution in [3.05, 3.63) is 30.3 Å². The molecule has 1 aromatic carbocycles. The molecule has 0 aliphatic rings. The molecule has 3 nitrogen and oxygen atoms in total. The van der Waals surface area contributed by atoms with E-state index < -0.39 is 6.09 Å². The molecule has 0 aromatic heterocycles. The summed E-state index contributed by atoms with van der Waals surface area (Å²) >= 11 is 0. The Morgan fingerprint density at radius 1 is 1.58 bits per heavy atom. The number of amides is 1. The van der Waals surface area contributed by atoms with Gasteiger partial charge in [-0.3, -0.25) is 0 Å². The first-order valence-electron chi connectivity index (χ1n) is 3.74. The Labute approximate surface area is 71.4 Å². The van der Waals surface area contributed by atoms with Crippen LogP contribution in [0.1, 0.15) is 6.92 Å². The van der Waals surface area contributed by atoms with Crippen molar-refractivity contribution in [1.29, 1.82) is 0 Å². The molecule has 0 aliphatic heterocycles. The lowest BCUT2D eigenvalue weighted by atomic mass is 10.3. The second kappa shape index (κ2) is 4.38. The highest BCUT2D eigenvalue weighted by Crippen LogP contribution is 2.07. The minimum atomic E-state index is -0.427. The smallest absolute Gasteiger partial charge is 0.410 e. The number of nitrogens with one attached hydrogen (secondary N) is 1. The fourth-order valence-corrected chi connectivity index (χ4v) is 0.727. The lowest BCUT2D eigenvalue weighted by Crippen LogP contribution is -2.26. The van der Waals surface area contributed by atoms with E-state index in [2.05, 4.69) is 11.4 Å². The van der Waals surface area contributed by atoms with Crippen molar-refractivity contribution in [3.63, 3.8) is 0 Å². The standard InChI is InChI=1S/C9H10NO2/c1-2-10-9(11)12-8-6-4-3-5-7-8/h4-7H,2H2,1H3,(H,10,11). The van der Waals surface area contributed by atoms with Gasteiger partial charge in [-0.2, -0.15) is 0 Å². The second-order valence-electron chi connectivity index (χ2n) is 2.16. The molecule has 0 aliphatic carbocycles. The summed E-state index contributed by atoms with van der Waals surface area (Å²) in [4.78, 5) is 10.9. The number of carbonyl (C=O) groups is 1. The van der Waals surface area contributed by atoms with Crippen LogP contribution in [0.5, 0.6) is 5.75 Å². The minimum Gasteiger partial charge on any atom is -0.410 e. The third-order valence-electron chi connectivity index (χ3n) is 1.22. The molecular weight excluding hydrogens is 154 g/mol. The van der Waals surface area contributed by atoms with Crippen LogP contribution in [0, 0.1) is 6.07 Å². The van der Waals surface area contributed by atoms with Gasteiger partial charge < -0.3 is 10.1 Å². The number of benzene rings is 1. The number of hydrogen-bond donors (Lipinski definition) is 1. The Bertz CT molecular complexity index is 246. The highest BCUT2D eigenvalue weighted by molar-refractivity contribution is 5.70. The van der Waals surface area contributed by atoms with Gasteiger partial charge in [-0.1, -0.05) is 12.1 Å². The van der Waals surface area contributed by atoms with Crippen LogP contribution in [0.3, 0.4) is 0 Å². The number of ether oxygens (including phenoxy) is 1. The molecule has 0 heterocycles. The van der Waals surface area contributed by atoms with Crippen molar-refractivity contribution in [3.8, 4) is 5.75 Å². The molecular formula is C9H10NO2. The average Bonchev–Trinajstić information content (AvgIpc) is 2.06. The largest absolute Gasteiger partial charge is 0.412 e. The molecule has 1 amide bonds. The molecule has 1 radical (unpaired) electrons. The number of hydrogen-bond acceptors (Lipinski definition) is 2. The molecule has 0 atom stereocenters. The summed E-state index contributed by atoms with van der Waals surface area (Å²) < 4.78 is 4.88. The SMILES string of the molecule is CCNC(=O)Oc1cc[c]cc1. The fraction of sp³-hybridized carbons (Fsp3) is 0.222. The van der Waals surface area contributed by atoms with Gasteiger partial charge in [0, 0.05) is 6.54 Å². The average molecular weight is 164 g/mol. The topological polar surface area (TPSA) is 38.3 Å². The van der Waals surface area contributed by atoms with Crippen molar-refractivity contribution in [2.45, 2.75) is 6.92 Å². The van der Waals surface area contributed by atoms with E-state index in [4.69, 9.17) is 4.74 Å². The summed E-state index contributed by atoms with van der Waals surface area (Å²) in [7, 11) is 0. The van der Waals surface area contributed by atoms with Crippen molar-refractivity contribution < 1.29 is 9.53 Å². The third-order valence-corrected chi connectivity index (χ3v) is 1.22.